The second-order valence-electron chi connectivity index (χ2n) is 3.78. The molecule has 0 radical (unpaired) electrons. The van der Waals surface area contributed by atoms with Crippen LogP contribution in [0.1, 0.15) is 20.3 Å². The van der Waals surface area contributed by atoms with E-state index in [1.165, 1.54) is 0 Å². The van der Waals surface area contributed by atoms with Crippen LogP contribution in [-0.4, -0.2) is 22.8 Å². The Balaban J connectivity index is 2.11. The number of aromatic amines is 1. The van der Waals surface area contributed by atoms with Gasteiger partial charge in [0.2, 0.25) is 0 Å². The lowest BCUT2D eigenvalue weighted by Crippen LogP contribution is -2.17. The van der Waals surface area contributed by atoms with Crippen molar-refractivity contribution in [3.05, 3.63) is 22.9 Å². The molecule has 0 aliphatic carbocycles. The Morgan fingerprint density at radius 2 is 2.36 bits per heavy atom. The number of aryl methyl sites for hydroxylation is 1. The molecule has 0 aromatic carbocycles. The van der Waals surface area contributed by atoms with Crippen LogP contribution in [0.4, 0.5) is 0 Å². The third-order valence-electron chi connectivity index (χ3n) is 1.86. The van der Waals surface area contributed by atoms with Gasteiger partial charge in [-0.05, 0) is 12.3 Å². The van der Waals surface area contributed by atoms with Crippen LogP contribution < -0.4 is 5.69 Å². The average molecular weight is 198 g/mol. The van der Waals surface area contributed by atoms with Crippen LogP contribution in [0.25, 0.3) is 0 Å². The summed E-state index contributed by atoms with van der Waals surface area (Å²) in [7, 11) is 0. The van der Waals surface area contributed by atoms with E-state index in [0.29, 0.717) is 5.92 Å². The minimum atomic E-state index is -0.0474. The zero-order valence-electron chi connectivity index (χ0n) is 8.82. The van der Waals surface area contributed by atoms with Crippen molar-refractivity contribution in [2.45, 2.75) is 26.8 Å². The molecule has 0 saturated heterocycles. The van der Waals surface area contributed by atoms with Crippen molar-refractivity contribution in [1.29, 1.82) is 0 Å². The van der Waals surface area contributed by atoms with Gasteiger partial charge >= 0.3 is 5.69 Å². The fourth-order valence-corrected chi connectivity index (χ4v) is 1.18. The lowest BCUT2D eigenvalue weighted by Gasteiger charge is -2.06. The average Bonchev–Trinajstić information content (AvgIpc) is 2.51. The van der Waals surface area contributed by atoms with E-state index < -0.39 is 0 Å². The third kappa shape index (κ3) is 3.79. The zero-order chi connectivity index (χ0) is 10.4. The predicted molar refractivity (Wildman–Crippen MR) is 55.3 cm³/mol. The lowest BCUT2D eigenvalue weighted by atomic mass is 10.2. The lowest BCUT2D eigenvalue weighted by molar-refractivity contribution is 0.105. The summed E-state index contributed by atoms with van der Waals surface area (Å²) in [5.74, 6) is 0.574. The van der Waals surface area contributed by atoms with Crippen LogP contribution in [0.3, 0.4) is 0 Å². The molecule has 0 saturated carbocycles. The minimum Gasteiger partial charge on any atom is -0.381 e. The number of H-pyrrole nitrogens is 1. The van der Waals surface area contributed by atoms with E-state index in [9.17, 15) is 4.79 Å². The molecule has 0 aliphatic heterocycles. The number of hydrogen-bond donors (Lipinski definition) is 1. The predicted octanol–water partition coefficient (Wildman–Crippen LogP) is 1.24. The maximum absolute atomic E-state index is 11.1. The number of rotatable bonds is 6. The Morgan fingerprint density at radius 3 is 2.93 bits per heavy atom. The van der Waals surface area contributed by atoms with E-state index in [1.807, 2.05) is 0 Å². The molecule has 0 aliphatic rings. The largest absolute Gasteiger partial charge is 0.381 e. The van der Waals surface area contributed by atoms with Gasteiger partial charge in [-0.2, -0.15) is 0 Å². The van der Waals surface area contributed by atoms with Gasteiger partial charge < -0.3 is 9.72 Å². The van der Waals surface area contributed by atoms with Crippen molar-refractivity contribution >= 4 is 0 Å². The maximum atomic E-state index is 11.1. The second kappa shape index (κ2) is 5.65. The highest BCUT2D eigenvalue weighted by Crippen LogP contribution is 1.94. The quantitative estimate of drug-likeness (QED) is 0.699. The molecule has 1 aromatic heterocycles. The Morgan fingerprint density at radius 1 is 1.57 bits per heavy atom. The molecule has 0 atom stereocenters. The summed E-state index contributed by atoms with van der Waals surface area (Å²) in [5.41, 5.74) is -0.0474. The number of ether oxygens (including phenoxy) is 1. The van der Waals surface area contributed by atoms with Gasteiger partial charge in [0.1, 0.15) is 0 Å². The monoisotopic (exact) mass is 198 g/mol. The number of aromatic nitrogens is 2. The van der Waals surface area contributed by atoms with Crippen molar-refractivity contribution in [1.82, 2.24) is 9.55 Å². The zero-order valence-corrected chi connectivity index (χ0v) is 8.82. The van der Waals surface area contributed by atoms with E-state index in [-0.39, 0.29) is 5.69 Å². The Labute approximate surface area is 83.9 Å². The van der Waals surface area contributed by atoms with Crippen molar-refractivity contribution in [2.24, 2.45) is 5.92 Å². The van der Waals surface area contributed by atoms with E-state index in [0.717, 1.165) is 26.2 Å². The highest BCUT2D eigenvalue weighted by molar-refractivity contribution is 4.75. The molecular formula is C10H18N2O2. The first-order chi connectivity index (χ1) is 6.70. The molecule has 1 N–H and O–H groups in total. The molecular weight excluding hydrogens is 180 g/mol. The van der Waals surface area contributed by atoms with Crippen LogP contribution in [0.15, 0.2) is 17.2 Å². The molecule has 1 rings (SSSR count). The summed E-state index contributed by atoms with van der Waals surface area (Å²) in [6.07, 6.45) is 4.28. The van der Waals surface area contributed by atoms with E-state index in [4.69, 9.17) is 4.74 Å². The highest BCUT2D eigenvalue weighted by Gasteiger charge is 1.96. The van der Waals surface area contributed by atoms with Crippen LogP contribution in [0.2, 0.25) is 0 Å². The van der Waals surface area contributed by atoms with Crippen molar-refractivity contribution in [3.8, 4) is 0 Å². The summed E-state index contributed by atoms with van der Waals surface area (Å²) in [5, 5.41) is 0. The number of imidazole rings is 1. The van der Waals surface area contributed by atoms with Crippen molar-refractivity contribution in [2.75, 3.05) is 13.2 Å². The van der Waals surface area contributed by atoms with Gasteiger partial charge in [-0.15, -0.1) is 0 Å². The van der Waals surface area contributed by atoms with Gasteiger partial charge in [-0.3, -0.25) is 4.57 Å². The number of hydrogen-bond acceptors (Lipinski definition) is 2. The van der Waals surface area contributed by atoms with Gasteiger partial charge in [0.05, 0.1) is 0 Å². The summed E-state index contributed by atoms with van der Waals surface area (Å²) < 4.78 is 7.06. The van der Waals surface area contributed by atoms with Gasteiger partial charge in [-0.25, -0.2) is 4.79 Å². The molecule has 0 unspecified atom stereocenters. The van der Waals surface area contributed by atoms with Gasteiger partial charge in [0.15, 0.2) is 0 Å². The fraction of sp³-hybridized carbons (Fsp3) is 0.700. The highest BCUT2D eigenvalue weighted by atomic mass is 16.5. The summed E-state index contributed by atoms with van der Waals surface area (Å²) in [6.45, 7) is 6.48. The molecule has 0 spiro atoms. The first kappa shape index (κ1) is 11.0. The number of nitrogens with one attached hydrogen (secondary N) is 1. The van der Waals surface area contributed by atoms with Crippen molar-refractivity contribution < 1.29 is 4.74 Å². The van der Waals surface area contributed by atoms with E-state index in [2.05, 4.69) is 18.8 Å². The fourth-order valence-electron chi connectivity index (χ4n) is 1.18. The molecule has 0 amide bonds. The van der Waals surface area contributed by atoms with Crippen molar-refractivity contribution in [3.63, 3.8) is 0 Å². The summed E-state index contributed by atoms with van der Waals surface area (Å²) in [6, 6.07) is 0. The smallest absolute Gasteiger partial charge is 0.325 e. The second-order valence-corrected chi connectivity index (χ2v) is 3.78. The Kier molecular flexibility index (Phi) is 4.46. The number of nitrogens with zero attached hydrogens (tertiary/aromatic N) is 1. The molecule has 1 heterocycles. The first-order valence-corrected chi connectivity index (χ1v) is 5.01. The minimum absolute atomic E-state index is 0.0474. The van der Waals surface area contributed by atoms with Crippen LogP contribution in [-0.2, 0) is 11.3 Å². The van der Waals surface area contributed by atoms with Gasteiger partial charge in [0, 0.05) is 32.2 Å². The summed E-state index contributed by atoms with van der Waals surface area (Å²) >= 11 is 0. The molecule has 4 heteroatoms. The van der Waals surface area contributed by atoms with Gasteiger partial charge in [-0.1, -0.05) is 13.8 Å². The topological polar surface area (TPSA) is 47.0 Å². The summed E-state index contributed by atoms with van der Waals surface area (Å²) in [4.78, 5) is 13.7. The molecule has 1 aromatic rings. The Hall–Kier alpha value is -1.03. The van der Waals surface area contributed by atoms with E-state index >= 15 is 0 Å². The molecule has 4 nitrogen and oxygen atoms in total. The normalized spacial score (nSPS) is 11.1. The Bertz CT molecular complexity index is 301. The molecule has 0 bridgehead atoms. The SMILES string of the molecule is CC(C)COCCCn1cc[nH]c1=O. The van der Waals surface area contributed by atoms with Crippen LogP contribution >= 0.6 is 0 Å². The molecule has 80 valence electrons. The first-order valence-electron chi connectivity index (χ1n) is 5.01. The van der Waals surface area contributed by atoms with Crippen LogP contribution in [0, 0.1) is 5.92 Å². The maximum Gasteiger partial charge on any atom is 0.325 e. The molecule has 14 heavy (non-hydrogen) atoms. The third-order valence-corrected chi connectivity index (χ3v) is 1.86. The molecule has 0 fully saturated rings. The van der Waals surface area contributed by atoms with Gasteiger partial charge in [0.25, 0.3) is 0 Å². The standard InChI is InChI=1S/C10H18N2O2/c1-9(2)8-14-7-3-5-12-6-4-11-10(12)13/h4,6,9H,3,5,7-8H2,1-2H3,(H,11,13). The van der Waals surface area contributed by atoms with Crippen LogP contribution in [0.5, 0.6) is 0 Å². The van der Waals surface area contributed by atoms with E-state index in [1.54, 1.807) is 17.0 Å².